The molecule has 0 aliphatic rings. The zero-order valence-electron chi connectivity index (χ0n) is 11.3. The Kier molecular flexibility index (Phi) is 3.83. The van der Waals surface area contributed by atoms with Gasteiger partial charge in [-0.25, -0.2) is 13.6 Å². The molecule has 1 aromatic heterocycles. The van der Waals surface area contributed by atoms with Crippen molar-refractivity contribution in [3.8, 4) is 11.3 Å². The first-order chi connectivity index (χ1) is 9.47. The summed E-state index contributed by atoms with van der Waals surface area (Å²) in [6, 6.07) is 2.34. The largest absolute Gasteiger partial charge is 0.462 e. The van der Waals surface area contributed by atoms with E-state index in [2.05, 4.69) is 5.16 Å². The van der Waals surface area contributed by atoms with Crippen molar-refractivity contribution < 1.29 is 22.8 Å². The molecule has 2 rings (SSSR count). The number of aromatic nitrogens is 1. The molecule has 0 aliphatic carbocycles. The zero-order chi connectivity index (χ0) is 14.9. The van der Waals surface area contributed by atoms with Gasteiger partial charge >= 0.3 is 5.97 Å². The first kappa shape index (κ1) is 14.2. The molecular weight excluding hydrogens is 268 g/mol. The fourth-order valence-corrected chi connectivity index (χ4v) is 1.91. The van der Waals surface area contributed by atoms with Crippen LogP contribution in [-0.4, -0.2) is 17.7 Å². The Labute approximate surface area is 114 Å². The topological polar surface area (TPSA) is 52.3 Å². The molecule has 1 heterocycles. The van der Waals surface area contributed by atoms with Crippen molar-refractivity contribution in [2.24, 2.45) is 0 Å². The maximum Gasteiger partial charge on any atom is 0.344 e. The molecule has 20 heavy (non-hydrogen) atoms. The van der Waals surface area contributed by atoms with E-state index in [0.717, 1.165) is 6.07 Å². The van der Waals surface area contributed by atoms with Crippen molar-refractivity contribution in [2.45, 2.75) is 20.8 Å². The quantitative estimate of drug-likeness (QED) is 0.809. The van der Waals surface area contributed by atoms with Crippen molar-refractivity contribution in [3.63, 3.8) is 0 Å². The molecule has 0 saturated carbocycles. The summed E-state index contributed by atoms with van der Waals surface area (Å²) in [6.07, 6.45) is 0. The first-order valence-corrected chi connectivity index (χ1v) is 6.05. The van der Waals surface area contributed by atoms with Crippen molar-refractivity contribution >= 4 is 5.97 Å². The Balaban J connectivity index is 2.60. The van der Waals surface area contributed by atoms with Crippen LogP contribution in [0.4, 0.5) is 8.78 Å². The lowest BCUT2D eigenvalue weighted by atomic mass is 10.0. The number of rotatable bonds is 3. The maximum absolute atomic E-state index is 13.6. The predicted molar refractivity (Wildman–Crippen MR) is 67.3 cm³/mol. The van der Waals surface area contributed by atoms with Crippen LogP contribution in [0, 0.1) is 25.5 Å². The summed E-state index contributed by atoms with van der Waals surface area (Å²) in [7, 11) is 0. The third kappa shape index (κ3) is 2.29. The SMILES string of the molecule is CCOC(=O)c1c(-c2ccc(F)c(F)c2C)noc1C. The minimum atomic E-state index is -0.974. The van der Waals surface area contributed by atoms with Gasteiger partial charge in [0.25, 0.3) is 0 Å². The van der Waals surface area contributed by atoms with Gasteiger partial charge in [-0.2, -0.15) is 0 Å². The molecule has 0 amide bonds. The summed E-state index contributed by atoms with van der Waals surface area (Å²) in [4.78, 5) is 11.9. The molecule has 0 spiro atoms. The summed E-state index contributed by atoms with van der Waals surface area (Å²) in [5.41, 5.74) is 0.631. The third-order valence-electron chi connectivity index (χ3n) is 2.94. The van der Waals surface area contributed by atoms with Gasteiger partial charge in [-0.15, -0.1) is 0 Å². The number of carbonyl (C=O) groups excluding carboxylic acids is 1. The fraction of sp³-hybridized carbons (Fsp3) is 0.286. The summed E-state index contributed by atoms with van der Waals surface area (Å²) in [6.45, 7) is 4.83. The highest BCUT2D eigenvalue weighted by atomic mass is 19.2. The number of ether oxygens (including phenoxy) is 1. The average Bonchev–Trinajstić information content (AvgIpc) is 2.78. The Morgan fingerprint density at radius 3 is 2.70 bits per heavy atom. The maximum atomic E-state index is 13.6. The van der Waals surface area contributed by atoms with E-state index in [4.69, 9.17) is 9.26 Å². The van der Waals surface area contributed by atoms with E-state index in [1.54, 1.807) is 13.8 Å². The van der Waals surface area contributed by atoms with Crippen LogP contribution >= 0.6 is 0 Å². The monoisotopic (exact) mass is 281 g/mol. The first-order valence-electron chi connectivity index (χ1n) is 6.05. The van der Waals surface area contributed by atoms with Gasteiger partial charge in [-0.3, -0.25) is 0 Å². The Morgan fingerprint density at radius 1 is 1.35 bits per heavy atom. The van der Waals surface area contributed by atoms with Crippen LogP contribution in [0.2, 0.25) is 0 Å². The molecular formula is C14H13F2NO3. The summed E-state index contributed by atoms with van der Waals surface area (Å²) in [5.74, 6) is -2.27. The van der Waals surface area contributed by atoms with Gasteiger partial charge in [-0.1, -0.05) is 5.16 Å². The third-order valence-corrected chi connectivity index (χ3v) is 2.94. The molecule has 4 nitrogen and oxygen atoms in total. The molecule has 106 valence electrons. The molecule has 0 bridgehead atoms. The molecule has 0 N–H and O–H groups in total. The Morgan fingerprint density at radius 2 is 2.05 bits per heavy atom. The van der Waals surface area contributed by atoms with Gasteiger partial charge in [0.05, 0.1) is 6.61 Å². The molecule has 6 heteroatoms. The van der Waals surface area contributed by atoms with Crippen LogP contribution in [0.25, 0.3) is 11.3 Å². The standard InChI is InChI=1S/C14H13F2NO3/c1-4-19-14(18)11-8(3)20-17-13(11)9-5-6-10(15)12(16)7(9)2/h5-6H,4H2,1-3H3. The molecule has 0 unspecified atom stereocenters. The molecule has 0 radical (unpaired) electrons. The van der Waals surface area contributed by atoms with Crippen LogP contribution in [0.1, 0.15) is 28.6 Å². The number of benzene rings is 1. The van der Waals surface area contributed by atoms with E-state index >= 15 is 0 Å². The number of hydrogen-bond donors (Lipinski definition) is 0. The molecule has 0 fully saturated rings. The number of halogens is 2. The van der Waals surface area contributed by atoms with Crippen LogP contribution in [0.5, 0.6) is 0 Å². The molecule has 2 aromatic rings. The second-order valence-corrected chi connectivity index (χ2v) is 4.22. The molecule has 1 aromatic carbocycles. The Hall–Kier alpha value is -2.24. The smallest absolute Gasteiger partial charge is 0.344 e. The van der Waals surface area contributed by atoms with Crippen molar-refractivity contribution in [3.05, 3.63) is 40.7 Å². The van der Waals surface area contributed by atoms with E-state index in [1.807, 2.05) is 0 Å². The van der Waals surface area contributed by atoms with Crippen molar-refractivity contribution in [1.29, 1.82) is 0 Å². The van der Waals surface area contributed by atoms with E-state index in [1.165, 1.54) is 13.0 Å². The summed E-state index contributed by atoms with van der Waals surface area (Å²) < 4.78 is 36.7. The van der Waals surface area contributed by atoms with Gasteiger partial charge in [0.15, 0.2) is 11.6 Å². The van der Waals surface area contributed by atoms with E-state index in [0.29, 0.717) is 5.56 Å². The average molecular weight is 281 g/mol. The predicted octanol–water partition coefficient (Wildman–Crippen LogP) is 3.41. The number of esters is 1. The molecule has 0 atom stereocenters. The number of carbonyl (C=O) groups is 1. The minimum absolute atomic E-state index is 0.0591. The fourth-order valence-electron chi connectivity index (χ4n) is 1.91. The normalized spacial score (nSPS) is 10.7. The van der Waals surface area contributed by atoms with E-state index in [9.17, 15) is 13.6 Å². The van der Waals surface area contributed by atoms with Crippen molar-refractivity contribution in [2.75, 3.05) is 6.61 Å². The highest BCUT2D eigenvalue weighted by Crippen LogP contribution is 2.30. The van der Waals surface area contributed by atoms with Gasteiger partial charge in [-0.05, 0) is 38.5 Å². The molecule has 0 aliphatic heterocycles. The van der Waals surface area contributed by atoms with E-state index in [-0.39, 0.29) is 29.2 Å². The van der Waals surface area contributed by atoms with Gasteiger partial charge in [0, 0.05) is 5.56 Å². The zero-order valence-corrected chi connectivity index (χ0v) is 11.3. The number of hydrogen-bond acceptors (Lipinski definition) is 4. The van der Waals surface area contributed by atoms with Crippen LogP contribution in [0.3, 0.4) is 0 Å². The minimum Gasteiger partial charge on any atom is -0.462 e. The van der Waals surface area contributed by atoms with E-state index < -0.39 is 17.6 Å². The number of aryl methyl sites for hydroxylation is 1. The van der Waals surface area contributed by atoms with Gasteiger partial charge in [0.2, 0.25) is 0 Å². The van der Waals surface area contributed by atoms with Gasteiger partial charge < -0.3 is 9.26 Å². The molecule has 0 saturated heterocycles. The lowest BCUT2D eigenvalue weighted by Crippen LogP contribution is -2.07. The Bertz CT molecular complexity index is 665. The highest BCUT2D eigenvalue weighted by molar-refractivity contribution is 5.97. The van der Waals surface area contributed by atoms with Crippen LogP contribution in [0.15, 0.2) is 16.7 Å². The number of nitrogens with zero attached hydrogens (tertiary/aromatic N) is 1. The summed E-state index contributed by atoms with van der Waals surface area (Å²) >= 11 is 0. The van der Waals surface area contributed by atoms with Gasteiger partial charge in [0.1, 0.15) is 17.0 Å². The lowest BCUT2D eigenvalue weighted by molar-refractivity contribution is 0.0525. The second-order valence-electron chi connectivity index (χ2n) is 4.22. The van der Waals surface area contributed by atoms with Crippen LogP contribution < -0.4 is 0 Å². The summed E-state index contributed by atoms with van der Waals surface area (Å²) in [5, 5.41) is 3.76. The second kappa shape index (κ2) is 5.40. The van der Waals surface area contributed by atoms with Crippen LogP contribution in [-0.2, 0) is 4.74 Å². The lowest BCUT2D eigenvalue weighted by Gasteiger charge is -2.06. The highest BCUT2D eigenvalue weighted by Gasteiger charge is 2.25. The van der Waals surface area contributed by atoms with Crippen molar-refractivity contribution in [1.82, 2.24) is 5.16 Å².